The third kappa shape index (κ3) is 3.36. The van der Waals surface area contributed by atoms with Crippen LogP contribution in [0.3, 0.4) is 0 Å². The maximum Gasteiger partial charge on any atom is 0.256 e. The van der Waals surface area contributed by atoms with Crippen LogP contribution in [0.1, 0.15) is 38.9 Å². The summed E-state index contributed by atoms with van der Waals surface area (Å²) in [7, 11) is 0. The van der Waals surface area contributed by atoms with Crippen LogP contribution in [0.15, 0.2) is 12.4 Å². The Kier molecular flexibility index (Phi) is 5.02. The average Bonchev–Trinajstić information content (AvgIpc) is 2.61. The second-order valence-corrected chi connectivity index (χ2v) is 3.96. The molecule has 0 radical (unpaired) electrons. The molecule has 0 unspecified atom stereocenters. The Morgan fingerprint density at radius 2 is 2.19 bits per heavy atom. The van der Waals surface area contributed by atoms with Crippen molar-refractivity contribution in [1.29, 1.82) is 0 Å². The summed E-state index contributed by atoms with van der Waals surface area (Å²) < 4.78 is 3.87. The molecular weight excluding hydrogens is 204 g/mol. The Labute approximate surface area is 96.5 Å². The zero-order valence-electron chi connectivity index (χ0n) is 10.1. The van der Waals surface area contributed by atoms with Crippen molar-refractivity contribution in [3.63, 3.8) is 0 Å². The summed E-state index contributed by atoms with van der Waals surface area (Å²) in [5, 5.41) is 10.6. The van der Waals surface area contributed by atoms with E-state index in [1.54, 1.807) is 4.57 Å². The molecule has 0 aliphatic carbocycles. The van der Waals surface area contributed by atoms with Crippen molar-refractivity contribution in [2.75, 3.05) is 0 Å². The van der Waals surface area contributed by atoms with Crippen molar-refractivity contribution in [1.82, 2.24) is 4.57 Å². The van der Waals surface area contributed by atoms with Gasteiger partial charge in [0.05, 0.1) is 12.5 Å². The Morgan fingerprint density at radius 3 is 2.75 bits per heavy atom. The highest BCUT2D eigenvalue weighted by Crippen LogP contribution is 2.03. The van der Waals surface area contributed by atoms with Gasteiger partial charge in [-0.15, -0.1) is 0 Å². The molecule has 0 bridgehead atoms. The second kappa shape index (κ2) is 6.30. The highest BCUT2D eigenvalue weighted by molar-refractivity contribution is 5.62. The van der Waals surface area contributed by atoms with Crippen LogP contribution in [-0.2, 0) is 24.3 Å². The van der Waals surface area contributed by atoms with Crippen LogP contribution in [0.25, 0.3) is 0 Å². The first-order chi connectivity index (χ1) is 7.69. The van der Waals surface area contributed by atoms with E-state index >= 15 is 0 Å². The lowest BCUT2D eigenvalue weighted by molar-refractivity contribution is -0.697. The maximum absolute atomic E-state index is 10.6. The normalized spacial score (nSPS) is 10.6. The van der Waals surface area contributed by atoms with Crippen LogP contribution >= 0.6 is 0 Å². The summed E-state index contributed by atoms with van der Waals surface area (Å²) in [5.41, 5.74) is 0. The monoisotopic (exact) mass is 224 g/mol. The molecule has 0 fully saturated rings. The van der Waals surface area contributed by atoms with Gasteiger partial charge in [0.25, 0.3) is 5.82 Å². The molecular formula is C12H20N2O2. The van der Waals surface area contributed by atoms with Crippen LogP contribution < -0.4 is 9.67 Å². The zero-order valence-corrected chi connectivity index (χ0v) is 10.1. The number of carboxylic acid groups (broad SMARTS) is 1. The van der Waals surface area contributed by atoms with Crippen molar-refractivity contribution >= 4 is 5.97 Å². The van der Waals surface area contributed by atoms with E-state index in [1.165, 1.54) is 12.8 Å². The van der Waals surface area contributed by atoms with Gasteiger partial charge < -0.3 is 9.90 Å². The maximum atomic E-state index is 10.6. The average molecular weight is 224 g/mol. The topological polar surface area (TPSA) is 48.9 Å². The molecule has 0 saturated heterocycles. The predicted molar refractivity (Wildman–Crippen MR) is 58.5 cm³/mol. The minimum atomic E-state index is -1.03. The molecule has 4 heteroatoms. The second-order valence-electron chi connectivity index (χ2n) is 3.96. The number of aliphatic carboxylic acids is 1. The molecule has 0 atom stereocenters. The van der Waals surface area contributed by atoms with Gasteiger partial charge in [-0.3, -0.25) is 0 Å². The fraction of sp³-hybridized carbons (Fsp3) is 0.667. The molecule has 0 saturated carbocycles. The van der Waals surface area contributed by atoms with Gasteiger partial charge in [0.1, 0.15) is 18.9 Å². The lowest BCUT2D eigenvalue weighted by Crippen LogP contribution is -2.45. The largest absolute Gasteiger partial charge is 0.546 e. The molecule has 4 nitrogen and oxygen atoms in total. The molecule has 0 amide bonds. The van der Waals surface area contributed by atoms with Crippen LogP contribution in [0, 0.1) is 0 Å². The highest BCUT2D eigenvalue weighted by atomic mass is 16.4. The van der Waals surface area contributed by atoms with Crippen molar-refractivity contribution in [3.05, 3.63) is 18.2 Å². The van der Waals surface area contributed by atoms with Gasteiger partial charge in [-0.25, -0.2) is 9.13 Å². The van der Waals surface area contributed by atoms with E-state index < -0.39 is 5.97 Å². The Bertz CT molecular complexity index is 345. The SMILES string of the molecule is CCCCCc1n(CC)cc[n+]1CC(=O)[O-]. The first kappa shape index (κ1) is 12.7. The van der Waals surface area contributed by atoms with Gasteiger partial charge in [0, 0.05) is 6.42 Å². The highest BCUT2D eigenvalue weighted by Gasteiger charge is 2.15. The van der Waals surface area contributed by atoms with E-state index in [0.717, 1.165) is 25.2 Å². The van der Waals surface area contributed by atoms with Gasteiger partial charge in [-0.05, 0) is 13.3 Å². The van der Waals surface area contributed by atoms with Crippen molar-refractivity contribution in [2.24, 2.45) is 0 Å². The van der Waals surface area contributed by atoms with Crippen molar-refractivity contribution in [2.45, 2.75) is 52.6 Å². The van der Waals surface area contributed by atoms with E-state index in [2.05, 4.69) is 18.4 Å². The molecule has 0 aromatic carbocycles. The number of aryl methyl sites for hydroxylation is 1. The number of hydrogen-bond acceptors (Lipinski definition) is 2. The molecule has 90 valence electrons. The number of nitrogens with zero attached hydrogens (tertiary/aromatic N) is 2. The van der Waals surface area contributed by atoms with E-state index in [9.17, 15) is 9.90 Å². The molecule has 1 aromatic rings. The molecule has 1 aromatic heterocycles. The minimum absolute atomic E-state index is 0.0472. The van der Waals surface area contributed by atoms with E-state index in [0.29, 0.717) is 0 Å². The fourth-order valence-electron chi connectivity index (χ4n) is 1.89. The number of aromatic nitrogens is 2. The van der Waals surface area contributed by atoms with Gasteiger partial charge >= 0.3 is 0 Å². The summed E-state index contributed by atoms with van der Waals surface area (Å²) in [6.07, 6.45) is 8.15. The number of carbonyl (C=O) groups is 1. The number of carboxylic acids is 1. The Balaban J connectivity index is 2.74. The third-order valence-electron chi connectivity index (χ3n) is 2.73. The summed E-state index contributed by atoms with van der Waals surface area (Å²) >= 11 is 0. The van der Waals surface area contributed by atoms with Crippen LogP contribution in [-0.4, -0.2) is 10.5 Å². The number of hydrogen-bond donors (Lipinski definition) is 0. The van der Waals surface area contributed by atoms with E-state index in [1.807, 2.05) is 12.4 Å². The molecule has 0 spiro atoms. The van der Waals surface area contributed by atoms with Gasteiger partial charge in [0.15, 0.2) is 0 Å². The molecule has 0 aliphatic heterocycles. The Hall–Kier alpha value is -1.32. The standard InChI is InChI=1S/C12H20N2O2/c1-3-5-6-7-11-13(4-2)8-9-14(11)10-12(15)16/h8-9H,3-7,10H2,1-2H3. The Morgan fingerprint density at radius 1 is 1.44 bits per heavy atom. The quantitative estimate of drug-likeness (QED) is 0.493. The summed E-state index contributed by atoms with van der Waals surface area (Å²) in [4.78, 5) is 10.6. The molecule has 0 aliphatic rings. The van der Waals surface area contributed by atoms with Gasteiger partial charge in [-0.1, -0.05) is 19.8 Å². The van der Waals surface area contributed by atoms with E-state index in [4.69, 9.17) is 0 Å². The van der Waals surface area contributed by atoms with E-state index in [-0.39, 0.29) is 6.54 Å². The summed E-state index contributed by atoms with van der Waals surface area (Å²) in [5.74, 6) is 0.0516. The lowest BCUT2D eigenvalue weighted by Gasteiger charge is -2.04. The number of imidazole rings is 1. The smallest absolute Gasteiger partial charge is 0.256 e. The third-order valence-corrected chi connectivity index (χ3v) is 2.73. The molecule has 16 heavy (non-hydrogen) atoms. The molecule has 1 rings (SSSR count). The van der Waals surface area contributed by atoms with Crippen molar-refractivity contribution in [3.8, 4) is 0 Å². The number of carbonyl (C=O) groups excluding carboxylic acids is 1. The zero-order chi connectivity index (χ0) is 12.0. The fourth-order valence-corrected chi connectivity index (χ4v) is 1.89. The van der Waals surface area contributed by atoms with Gasteiger partial charge in [-0.2, -0.15) is 0 Å². The van der Waals surface area contributed by atoms with Gasteiger partial charge in [0.2, 0.25) is 0 Å². The first-order valence-corrected chi connectivity index (χ1v) is 5.96. The summed E-state index contributed by atoms with van der Waals surface area (Å²) in [6, 6.07) is 0. The summed E-state index contributed by atoms with van der Waals surface area (Å²) in [6.45, 7) is 5.05. The molecule has 1 heterocycles. The number of unbranched alkanes of at least 4 members (excludes halogenated alkanes) is 2. The minimum Gasteiger partial charge on any atom is -0.546 e. The van der Waals surface area contributed by atoms with Crippen molar-refractivity contribution < 1.29 is 14.5 Å². The lowest BCUT2D eigenvalue weighted by atomic mass is 10.2. The van der Waals surface area contributed by atoms with Crippen LogP contribution in [0.5, 0.6) is 0 Å². The predicted octanol–water partition coefficient (Wildman–Crippen LogP) is 0.278. The number of rotatable bonds is 7. The molecule has 0 N–H and O–H groups in total. The first-order valence-electron chi connectivity index (χ1n) is 5.96. The van der Waals surface area contributed by atoms with Crippen LogP contribution in [0.2, 0.25) is 0 Å². The van der Waals surface area contributed by atoms with Crippen LogP contribution in [0.4, 0.5) is 0 Å².